The van der Waals surface area contributed by atoms with Crippen molar-refractivity contribution in [3.05, 3.63) is 45.6 Å². The largest absolute Gasteiger partial charge is 0.399 e. The molecule has 0 aliphatic rings. The molecule has 88 valence electrons. The molecular formula is C12H10BrNO3. The maximum atomic E-state index is 11.9. The summed E-state index contributed by atoms with van der Waals surface area (Å²) in [5.41, 5.74) is 1.37. The third kappa shape index (κ3) is 2.39. The number of halogens is 1. The van der Waals surface area contributed by atoms with Gasteiger partial charge in [-0.05, 0) is 46.6 Å². The number of hydrogen-bond donors (Lipinski definition) is 0. The lowest BCUT2D eigenvalue weighted by Crippen LogP contribution is -2.10. The molecule has 0 bridgehead atoms. The number of aromatic nitrogens is 1. The van der Waals surface area contributed by atoms with E-state index in [1.54, 1.807) is 19.1 Å². The minimum Gasteiger partial charge on any atom is -0.399 e. The number of aryl methyl sites for hydroxylation is 2. The van der Waals surface area contributed by atoms with E-state index in [2.05, 4.69) is 21.1 Å². The molecule has 0 atom stereocenters. The first kappa shape index (κ1) is 11.9. The van der Waals surface area contributed by atoms with Crippen molar-refractivity contribution in [2.45, 2.75) is 13.8 Å². The normalized spacial score (nSPS) is 10.3. The van der Waals surface area contributed by atoms with Crippen LogP contribution in [0.4, 0.5) is 0 Å². The second-order valence-electron chi connectivity index (χ2n) is 3.56. The van der Waals surface area contributed by atoms with Gasteiger partial charge in [-0.25, -0.2) is 4.79 Å². The van der Waals surface area contributed by atoms with Gasteiger partial charge >= 0.3 is 5.97 Å². The zero-order valence-corrected chi connectivity index (χ0v) is 10.9. The van der Waals surface area contributed by atoms with Crippen LogP contribution in [0.25, 0.3) is 0 Å². The number of esters is 1. The average Bonchev–Trinajstić information content (AvgIpc) is 2.61. The lowest BCUT2D eigenvalue weighted by Gasteiger charge is -2.03. The van der Waals surface area contributed by atoms with Crippen LogP contribution in [0, 0.1) is 13.8 Å². The van der Waals surface area contributed by atoms with Crippen molar-refractivity contribution in [1.29, 1.82) is 0 Å². The highest BCUT2D eigenvalue weighted by Crippen LogP contribution is 2.27. The molecule has 4 nitrogen and oxygen atoms in total. The van der Waals surface area contributed by atoms with Crippen LogP contribution < -0.4 is 4.74 Å². The summed E-state index contributed by atoms with van der Waals surface area (Å²) in [6, 6.07) is 7.20. The molecule has 5 heteroatoms. The average molecular weight is 296 g/mol. The molecular weight excluding hydrogens is 286 g/mol. The molecule has 17 heavy (non-hydrogen) atoms. The summed E-state index contributed by atoms with van der Waals surface area (Å²) in [5.74, 6) is 0.269. The topological polar surface area (TPSA) is 52.3 Å². The van der Waals surface area contributed by atoms with Gasteiger partial charge in [0.1, 0.15) is 4.47 Å². The summed E-state index contributed by atoms with van der Waals surface area (Å²) in [6.45, 7) is 3.57. The Morgan fingerprint density at radius 1 is 1.35 bits per heavy atom. The minimum atomic E-state index is -0.447. The first-order valence-corrected chi connectivity index (χ1v) is 5.78. The van der Waals surface area contributed by atoms with E-state index >= 15 is 0 Å². The van der Waals surface area contributed by atoms with E-state index in [0.717, 1.165) is 5.56 Å². The summed E-state index contributed by atoms with van der Waals surface area (Å²) < 4.78 is 10.6. The van der Waals surface area contributed by atoms with Crippen molar-refractivity contribution in [3.8, 4) is 5.88 Å². The van der Waals surface area contributed by atoms with Gasteiger partial charge in [-0.1, -0.05) is 18.2 Å². The van der Waals surface area contributed by atoms with Crippen molar-refractivity contribution in [2.75, 3.05) is 0 Å². The highest BCUT2D eigenvalue weighted by Gasteiger charge is 2.17. The quantitative estimate of drug-likeness (QED) is 0.798. The van der Waals surface area contributed by atoms with Gasteiger partial charge in [0, 0.05) is 0 Å². The van der Waals surface area contributed by atoms with E-state index in [1.807, 2.05) is 19.1 Å². The van der Waals surface area contributed by atoms with E-state index < -0.39 is 5.97 Å². The smallest absolute Gasteiger partial charge is 0.345 e. The Balaban J connectivity index is 2.23. The van der Waals surface area contributed by atoms with Crippen LogP contribution in [0.5, 0.6) is 5.88 Å². The van der Waals surface area contributed by atoms with Crippen molar-refractivity contribution in [3.63, 3.8) is 0 Å². The van der Waals surface area contributed by atoms with Crippen LogP contribution in [-0.2, 0) is 0 Å². The molecule has 0 unspecified atom stereocenters. The molecule has 2 rings (SSSR count). The fourth-order valence-electron chi connectivity index (χ4n) is 1.35. The number of rotatable bonds is 2. The molecule has 1 aromatic carbocycles. The number of benzene rings is 1. The standard InChI is InChI=1S/C12H10BrNO3/c1-7-5-3-4-6-9(7)12(15)16-11-10(13)8(2)17-14-11/h3-6H,1-2H3. The molecule has 0 saturated carbocycles. The van der Waals surface area contributed by atoms with Crippen LogP contribution in [0.2, 0.25) is 0 Å². The van der Waals surface area contributed by atoms with Crippen molar-refractivity contribution in [1.82, 2.24) is 5.16 Å². The SMILES string of the molecule is Cc1ccccc1C(=O)Oc1noc(C)c1Br. The molecule has 0 saturated heterocycles. The first-order chi connectivity index (χ1) is 8.09. The van der Waals surface area contributed by atoms with Crippen LogP contribution >= 0.6 is 15.9 Å². The first-order valence-electron chi connectivity index (χ1n) is 4.99. The lowest BCUT2D eigenvalue weighted by molar-refractivity contribution is 0.0719. The predicted molar refractivity (Wildman–Crippen MR) is 65.1 cm³/mol. The molecule has 1 aromatic heterocycles. The van der Waals surface area contributed by atoms with Gasteiger partial charge in [-0.2, -0.15) is 0 Å². The van der Waals surface area contributed by atoms with E-state index in [-0.39, 0.29) is 5.88 Å². The molecule has 0 aliphatic carbocycles. The lowest BCUT2D eigenvalue weighted by atomic mass is 10.1. The Hall–Kier alpha value is -1.62. The number of carbonyl (C=O) groups is 1. The Morgan fingerprint density at radius 3 is 2.65 bits per heavy atom. The number of ether oxygens (including phenoxy) is 1. The summed E-state index contributed by atoms with van der Waals surface area (Å²) in [5, 5.41) is 3.65. The Labute approximate surface area is 107 Å². The van der Waals surface area contributed by atoms with Gasteiger partial charge in [0.15, 0.2) is 5.76 Å². The van der Waals surface area contributed by atoms with E-state index in [1.165, 1.54) is 0 Å². The van der Waals surface area contributed by atoms with E-state index in [9.17, 15) is 4.79 Å². The fraction of sp³-hybridized carbons (Fsp3) is 0.167. The zero-order chi connectivity index (χ0) is 12.4. The van der Waals surface area contributed by atoms with Crippen LogP contribution in [0.3, 0.4) is 0 Å². The van der Waals surface area contributed by atoms with Gasteiger partial charge in [0.25, 0.3) is 5.88 Å². The van der Waals surface area contributed by atoms with Gasteiger partial charge in [0.05, 0.1) is 5.56 Å². The van der Waals surface area contributed by atoms with Gasteiger partial charge in [0.2, 0.25) is 0 Å². The van der Waals surface area contributed by atoms with Crippen LogP contribution in [0.15, 0.2) is 33.3 Å². The van der Waals surface area contributed by atoms with Crippen molar-refractivity contribution < 1.29 is 14.1 Å². The summed E-state index contributed by atoms with van der Waals surface area (Å²) in [6.07, 6.45) is 0. The third-order valence-corrected chi connectivity index (χ3v) is 3.21. The molecule has 0 fully saturated rings. The predicted octanol–water partition coefficient (Wildman–Crippen LogP) is 3.27. The molecule has 2 aromatic rings. The van der Waals surface area contributed by atoms with Crippen molar-refractivity contribution >= 4 is 21.9 Å². The van der Waals surface area contributed by atoms with Crippen LogP contribution in [0.1, 0.15) is 21.7 Å². The van der Waals surface area contributed by atoms with Crippen molar-refractivity contribution in [2.24, 2.45) is 0 Å². The zero-order valence-electron chi connectivity index (χ0n) is 9.36. The molecule has 0 aliphatic heterocycles. The van der Waals surface area contributed by atoms with E-state index in [4.69, 9.17) is 9.26 Å². The highest BCUT2D eigenvalue weighted by molar-refractivity contribution is 9.10. The second kappa shape index (κ2) is 4.71. The number of carbonyl (C=O) groups excluding carboxylic acids is 1. The summed E-state index contributed by atoms with van der Waals surface area (Å²) >= 11 is 3.24. The number of nitrogens with zero attached hydrogens (tertiary/aromatic N) is 1. The minimum absolute atomic E-state index is 0.149. The molecule has 0 radical (unpaired) electrons. The number of hydrogen-bond acceptors (Lipinski definition) is 4. The Kier molecular flexibility index (Phi) is 3.28. The fourth-order valence-corrected chi connectivity index (χ4v) is 1.57. The maximum absolute atomic E-state index is 11.9. The highest BCUT2D eigenvalue weighted by atomic mass is 79.9. The summed E-state index contributed by atoms with van der Waals surface area (Å²) in [7, 11) is 0. The molecule has 0 N–H and O–H groups in total. The van der Waals surface area contributed by atoms with Crippen LogP contribution in [-0.4, -0.2) is 11.1 Å². The Morgan fingerprint density at radius 2 is 2.06 bits per heavy atom. The third-order valence-electron chi connectivity index (χ3n) is 2.32. The van der Waals surface area contributed by atoms with E-state index in [0.29, 0.717) is 15.8 Å². The molecule has 0 spiro atoms. The van der Waals surface area contributed by atoms with Gasteiger partial charge < -0.3 is 9.26 Å². The maximum Gasteiger partial charge on any atom is 0.345 e. The molecule has 1 heterocycles. The summed E-state index contributed by atoms with van der Waals surface area (Å²) in [4.78, 5) is 11.9. The second-order valence-corrected chi connectivity index (χ2v) is 4.36. The Bertz CT molecular complexity index is 563. The molecule has 0 amide bonds. The van der Waals surface area contributed by atoms with Gasteiger partial charge in [-0.15, -0.1) is 0 Å². The van der Waals surface area contributed by atoms with Gasteiger partial charge in [-0.3, -0.25) is 0 Å². The monoisotopic (exact) mass is 295 g/mol.